The van der Waals surface area contributed by atoms with E-state index in [4.69, 9.17) is 0 Å². The van der Waals surface area contributed by atoms with Crippen LogP contribution in [-0.2, 0) is 0 Å². The highest BCUT2D eigenvalue weighted by atomic mass is 15.0. The lowest BCUT2D eigenvalue weighted by Gasteiger charge is -2.08. The Kier molecular flexibility index (Phi) is 8.40. The maximum absolute atomic E-state index is 2.37. The van der Waals surface area contributed by atoms with Crippen LogP contribution < -0.4 is 0 Å². The van der Waals surface area contributed by atoms with Gasteiger partial charge in [-0.1, -0.05) is 37.1 Å². The molecular formula is C14H27N. The van der Waals surface area contributed by atoms with Crippen LogP contribution >= 0.6 is 0 Å². The topological polar surface area (TPSA) is 3.24 Å². The number of likely N-dealkylation sites (N-methyl/N-ethyl adjacent to an activating group) is 1. The molecule has 0 heterocycles. The van der Waals surface area contributed by atoms with E-state index >= 15 is 0 Å². The highest BCUT2D eigenvalue weighted by molar-refractivity contribution is 5.05. The van der Waals surface area contributed by atoms with Crippen molar-refractivity contribution in [3.05, 3.63) is 23.3 Å². The van der Waals surface area contributed by atoms with Crippen LogP contribution in [0.5, 0.6) is 0 Å². The molecule has 0 aliphatic rings. The maximum atomic E-state index is 2.37. The summed E-state index contributed by atoms with van der Waals surface area (Å²) in [6.45, 7) is 7.75. The number of allylic oxidation sites excluding steroid dienone is 3. The number of rotatable bonds is 7. The van der Waals surface area contributed by atoms with E-state index in [1.54, 1.807) is 5.57 Å². The largest absolute Gasteiger partial charge is 0.306 e. The molecule has 0 spiro atoms. The van der Waals surface area contributed by atoms with Crippen LogP contribution in [0.4, 0.5) is 0 Å². The lowest BCUT2D eigenvalue weighted by Crippen LogP contribution is -2.11. The lowest BCUT2D eigenvalue weighted by molar-refractivity contribution is 0.454. The van der Waals surface area contributed by atoms with Crippen LogP contribution in [0.15, 0.2) is 23.3 Å². The van der Waals surface area contributed by atoms with Crippen LogP contribution in [0.3, 0.4) is 0 Å². The standard InChI is InChI=1S/C14H27N/c1-6-13(3)9-8-10-14(7-2)11-12-15(4)5/h9,11H,6-8,10,12H2,1-5H3/b13-9-,14-11+. The summed E-state index contributed by atoms with van der Waals surface area (Å²) in [7, 11) is 4.23. The van der Waals surface area contributed by atoms with Crippen molar-refractivity contribution in [3.8, 4) is 0 Å². The van der Waals surface area contributed by atoms with E-state index < -0.39 is 0 Å². The minimum absolute atomic E-state index is 1.07. The van der Waals surface area contributed by atoms with Gasteiger partial charge in [-0.3, -0.25) is 0 Å². The van der Waals surface area contributed by atoms with Crippen molar-refractivity contribution in [2.45, 2.75) is 46.5 Å². The van der Waals surface area contributed by atoms with Gasteiger partial charge in [-0.25, -0.2) is 0 Å². The third kappa shape index (κ3) is 8.44. The zero-order valence-corrected chi connectivity index (χ0v) is 11.1. The van der Waals surface area contributed by atoms with Gasteiger partial charge in [0.2, 0.25) is 0 Å². The smallest absolute Gasteiger partial charge is 0.0159 e. The van der Waals surface area contributed by atoms with Crippen molar-refractivity contribution < 1.29 is 0 Å². The van der Waals surface area contributed by atoms with E-state index in [1.165, 1.54) is 31.3 Å². The molecule has 88 valence electrons. The summed E-state index contributed by atoms with van der Waals surface area (Å²) < 4.78 is 0. The third-order valence-electron chi connectivity index (χ3n) is 2.72. The second-order valence-electron chi connectivity index (χ2n) is 4.42. The molecule has 0 aliphatic carbocycles. The van der Waals surface area contributed by atoms with Gasteiger partial charge in [-0.05, 0) is 46.7 Å². The third-order valence-corrected chi connectivity index (χ3v) is 2.72. The molecule has 0 aromatic heterocycles. The molecule has 0 radical (unpaired) electrons. The molecule has 0 saturated heterocycles. The predicted molar refractivity (Wildman–Crippen MR) is 70.2 cm³/mol. The van der Waals surface area contributed by atoms with Crippen LogP contribution in [0.1, 0.15) is 46.5 Å². The Morgan fingerprint density at radius 2 is 1.73 bits per heavy atom. The Bertz CT molecular complexity index is 211. The van der Waals surface area contributed by atoms with E-state index in [2.05, 4.69) is 51.9 Å². The minimum atomic E-state index is 1.07. The lowest BCUT2D eigenvalue weighted by atomic mass is 10.1. The Hall–Kier alpha value is -0.560. The van der Waals surface area contributed by atoms with Gasteiger partial charge in [0.15, 0.2) is 0 Å². The van der Waals surface area contributed by atoms with E-state index in [1.807, 2.05) is 0 Å². The van der Waals surface area contributed by atoms with Crippen LogP contribution in [-0.4, -0.2) is 25.5 Å². The second-order valence-corrected chi connectivity index (χ2v) is 4.42. The number of hydrogen-bond donors (Lipinski definition) is 0. The zero-order valence-electron chi connectivity index (χ0n) is 11.1. The molecule has 0 atom stereocenters. The zero-order chi connectivity index (χ0) is 11.7. The van der Waals surface area contributed by atoms with Gasteiger partial charge in [0.1, 0.15) is 0 Å². The van der Waals surface area contributed by atoms with E-state index in [-0.39, 0.29) is 0 Å². The van der Waals surface area contributed by atoms with Crippen molar-refractivity contribution in [1.29, 1.82) is 0 Å². The summed E-state index contributed by atoms with van der Waals surface area (Å²) in [5.74, 6) is 0. The van der Waals surface area contributed by atoms with E-state index in [0.717, 1.165) is 6.54 Å². The molecule has 0 amide bonds. The Balaban J connectivity index is 3.95. The van der Waals surface area contributed by atoms with Crippen molar-refractivity contribution in [2.24, 2.45) is 0 Å². The van der Waals surface area contributed by atoms with Gasteiger partial charge in [-0.15, -0.1) is 0 Å². The second kappa shape index (κ2) is 8.72. The first-order valence-corrected chi connectivity index (χ1v) is 6.08. The van der Waals surface area contributed by atoms with Crippen molar-refractivity contribution >= 4 is 0 Å². The van der Waals surface area contributed by atoms with Gasteiger partial charge in [0.05, 0.1) is 0 Å². The average Bonchev–Trinajstić information content (AvgIpc) is 2.22. The quantitative estimate of drug-likeness (QED) is 0.572. The molecule has 0 unspecified atom stereocenters. The van der Waals surface area contributed by atoms with Crippen molar-refractivity contribution in [3.63, 3.8) is 0 Å². The van der Waals surface area contributed by atoms with Crippen molar-refractivity contribution in [2.75, 3.05) is 20.6 Å². The molecule has 0 aromatic carbocycles. The fraction of sp³-hybridized carbons (Fsp3) is 0.714. The number of hydrogen-bond acceptors (Lipinski definition) is 1. The van der Waals surface area contributed by atoms with Crippen molar-refractivity contribution in [1.82, 2.24) is 4.90 Å². The fourth-order valence-corrected chi connectivity index (χ4v) is 1.38. The summed E-state index contributed by atoms with van der Waals surface area (Å²) in [6.07, 6.45) is 9.54. The molecule has 0 N–H and O–H groups in total. The van der Waals surface area contributed by atoms with Gasteiger partial charge in [0.25, 0.3) is 0 Å². The molecular weight excluding hydrogens is 182 g/mol. The Morgan fingerprint density at radius 1 is 1.07 bits per heavy atom. The SMILES string of the molecule is CC/C(C)=C\CC/C(=C/CN(C)C)CC. The summed E-state index contributed by atoms with van der Waals surface area (Å²) >= 11 is 0. The van der Waals surface area contributed by atoms with Crippen LogP contribution in [0, 0.1) is 0 Å². The Morgan fingerprint density at radius 3 is 2.20 bits per heavy atom. The van der Waals surface area contributed by atoms with Gasteiger partial charge in [-0.2, -0.15) is 0 Å². The summed E-state index contributed by atoms with van der Waals surface area (Å²) in [5, 5.41) is 0. The highest BCUT2D eigenvalue weighted by Crippen LogP contribution is 2.11. The highest BCUT2D eigenvalue weighted by Gasteiger charge is 1.94. The normalized spacial score (nSPS) is 13.7. The van der Waals surface area contributed by atoms with Crippen LogP contribution in [0.2, 0.25) is 0 Å². The molecule has 1 heteroatoms. The van der Waals surface area contributed by atoms with E-state index in [0.29, 0.717) is 0 Å². The predicted octanol–water partition coefficient (Wildman–Crippen LogP) is 4.02. The first-order valence-electron chi connectivity index (χ1n) is 6.08. The molecule has 0 aromatic rings. The average molecular weight is 209 g/mol. The first-order chi connectivity index (χ1) is 7.10. The molecule has 0 bridgehead atoms. The molecule has 0 fully saturated rings. The summed E-state index contributed by atoms with van der Waals surface area (Å²) in [5.41, 5.74) is 3.10. The van der Waals surface area contributed by atoms with Gasteiger partial charge < -0.3 is 4.90 Å². The number of nitrogens with zero attached hydrogens (tertiary/aromatic N) is 1. The molecule has 1 nitrogen and oxygen atoms in total. The van der Waals surface area contributed by atoms with Gasteiger partial charge >= 0.3 is 0 Å². The fourth-order valence-electron chi connectivity index (χ4n) is 1.38. The molecule has 0 aliphatic heterocycles. The molecule has 0 rings (SSSR count). The maximum Gasteiger partial charge on any atom is 0.0159 e. The van der Waals surface area contributed by atoms with Gasteiger partial charge in [0, 0.05) is 6.54 Å². The first kappa shape index (κ1) is 14.4. The monoisotopic (exact) mass is 209 g/mol. The Labute approximate surface area is 95.9 Å². The summed E-state index contributed by atoms with van der Waals surface area (Å²) in [6, 6.07) is 0. The minimum Gasteiger partial charge on any atom is -0.306 e. The molecule has 15 heavy (non-hydrogen) atoms. The van der Waals surface area contributed by atoms with E-state index in [9.17, 15) is 0 Å². The summed E-state index contributed by atoms with van der Waals surface area (Å²) in [4.78, 5) is 2.21. The molecule has 0 saturated carbocycles. The van der Waals surface area contributed by atoms with Crippen LogP contribution in [0.25, 0.3) is 0 Å².